The van der Waals surface area contributed by atoms with Gasteiger partial charge in [-0.1, -0.05) is 18.2 Å². The fraction of sp³-hybridized carbons (Fsp3) is 0.480. The number of anilines is 1. The van der Waals surface area contributed by atoms with Gasteiger partial charge in [0, 0.05) is 31.2 Å². The first-order chi connectivity index (χ1) is 15.7. The van der Waals surface area contributed by atoms with E-state index in [9.17, 15) is 17.6 Å². The molecule has 4 rings (SSSR count). The number of sulfonamides is 1. The Bertz CT molecular complexity index is 1100. The van der Waals surface area contributed by atoms with Crippen molar-refractivity contribution in [1.29, 1.82) is 0 Å². The van der Waals surface area contributed by atoms with E-state index in [0.29, 0.717) is 30.6 Å². The minimum atomic E-state index is -3.62. The molecule has 1 amide bonds. The molecule has 8 heteroatoms. The predicted octanol–water partition coefficient (Wildman–Crippen LogP) is 3.92. The van der Waals surface area contributed by atoms with Crippen molar-refractivity contribution in [1.82, 2.24) is 10.0 Å². The van der Waals surface area contributed by atoms with Crippen molar-refractivity contribution in [3.8, 4) is 0 Å². The van der Waals surface area contributed by atoms with Crippen molar-refractivity contribution in [3.63, 3.8) is 0 Å². The number of nitrogens with one attached hydrogen (secondary N) is 2. The van der Waals surface area contributed by atoms with Crippen LogP contribution >= 0.6 is 0 Å². The standard InChI is InChI=1S/C25H32FN3O3S/c1-17(18-5-10-21(26)11-6-18)27-25(30)20-7-12-22(13-8-20)28-33(31,32)23-14-9-19-4-3-15-29(2)24(19)16-23/h5-6,9-11,14,16-17,20,22,28H,3-4,7-8,12-13,15H2,1-2H3,(H,27,30). The highest BCUT2D eigenvalue weighted by Gasteiger charge is 2.30. The molecule has 1 aliphatic heterocycles. The SMILES string of the molecule is CC(NC(=O)C1CCC(NS(=O)(=O)c2ccc3c(c2)N(C)CCC3)CC1)c1ccc(F)cc1. The Morgan fingerprint density at radius 2 is 1.79 bits per heavy atom. The van der Waals surface area contributed by atoms with E-state index >= 15 is 0 Å². The molecule has 0 bridgehead atoms. The smallest absolute Gasteiger partial charge is 0.240 e. The first-order valence-electron chi connectivity index (χ1n) is 11.6. The van der Waals surface area contributed by atoms with Crippen LogP contribution in [0.2, 0.25) is 0 Å². The van der Waals surface area contributed by atoms with Gasteiger partial charge in [-0.05, 0) is 80.8 Å². The Labute approximate surface area is 195 Å². The molecule has 0 radical (unpaired) electrons. The van der Waals surface area contributed by atoms with E-state index in [2.05, 4.69) is 14.9 Å². The number of amides is 1. The summed E-state index contributed by atoms with van der Waals surface area (Å²) < 4.78 is 42.0. The third kappa shape index (κ3) is 5.55. The average molecular weight is 474 g/mol. The second-order valence-corrected chi connectivity index (χ2v) is 11.0. The lowest BCUT2D eigenvalue weighted by molar-refractivity contribution is -0.126. The van der Waals surface area contributed by atoms with Gasteiger partial charge in [0.2, 0.25) is 15.9 Å². The number of carbonyl (C=O) groups excluding carboxylic acids is 1. The highest BCUT2D eigenvalue weighted by Crippen LogP contribution is 2.30. The number of fused-ring (bicyclic) bond motifs is 1. The van der Waals surface area contributed by atoms with E-state index in [1.54, 1.807) is 24.3 Å². The number of nitrogens with zero attached hydrogens (tertiary/aromatic N) is 1. The lowest BCUT2D eigenvalue weighted by atomic mass is 9.85. The zero-order valence-corrected chi connectivity index (χ0v) is 20.0. The number of hydrogen-bond donors (Lipinski definition) is 2. The summed E-state index contributed by atoms with van der Waals surface area (Å²) in [5, 5.41) is 3.00. The number of rotatable bonds is 6. The van der Waals surface area contributed by atoms with Crippen LogP contribution in [0.25, 0.3) is 0 Å². The van der Waals surface area contributed by atoms with Crippen LogP contribution in [0, 0.1) is 11.7 Å². The van der Waals surface area contributed by atoms with Crippen LogP contribution < -0.4 is 14.9 Å². The zero-order valence-electron chi connectivity index (χ0n) is 19.2. The molecular weight excluding hydrogens is 441 g/mol. The summed E-state index contributed by atoms with van der Waals surface area (Å²) >= 11 is 0. The maximum absolute atomic E-state index is 13.1. The van der Waals surface area contributed by atoms with Gasteiger partial charge in [-0.25, -0.2) is 17.5 Å². The number of halogens is 1. The normalized spacial score (nSPS) is 21.8. The highest BCUT2D eigenvalue weighted by molar-refractivity contribution is 7.89. The second kappa shape index (κ2) is 9.81. The summed E-state index contributed by atoms with van der Waals surface area (Å²) in [6, 6.07) is 11.1. The molecule has 178 valence electrons. The van der Waals surface area contributed by atoms with Crippen molar-refractivity contribution in [2.24, 2.45) is 5.92 Å². The summed E-state index contributed by atoms with van der Waals surface area (Å²) in [5.74, 6) is -0.489. The third-order valence-electron chi connectivity index (χ3n) is 6.87. The van der Waals surface area contributed by atoms with Gasteiger partial charge in [0.1, 0.15) is 5.82 Å². The molecule has 0 spiro atoms. The number of aryl methyl sites for hydroxylation is 1. The van der Waals surface area contributed by atoms with Gasteiger partial charge in [-0.15, -0.1) is 0 Å². The molecule has 1 unspecified atom stereocenters. The van der Waals surface area contributed by atoms with Crippen molar-refractivity contribution in [3.05, 3.63) is 59.4 Å². The molecule has 2 N–H and O–H groups in total. The largest absolute Gasteiger partial charge is 0.374 e. The average Bonchev–Trinajstić information content (AvgIpc) is 2.79. The first-order valence-corrected chi connectivity index (χ1v) is 13.1. The van der Waals surface area contributed by atoms with Gasteiger partial charge in [-0.3, -0.25) is 4.79 Å². The van der Waals surface area contributed by atoms with Gasteiger partial charge in [-0.2, -0.15) is 0 Å². The number of benzene rings is 2. The van der Waals surface area contributed by atoms with Crippen molar-refractivity contribution in [2.45, 2.75) is 62.4 Å². The minimum Gasteiger partial charge on any atom is -0.374 e. The molecule has 2 aromatic carbocycles. The van der Waals surface area contributed by atoms with Gasteiger partial charge < -0.3 is 10.2 Å². The van der Waals surface area contributed by atoms with Crippen LogP contribution in [0.5, 0.6) is 0 Å². The monoisotopic (exact) mass is 473 g/mol. The maximum Gasteiger partial charge on any atom is 0.240 e. The van der Waals surface area contributed by atoms with Crippen LogP contribution in [-0.4, -0.2) is 34.0 Å². The van der Waals surface area contributed by atoms with Crippen molar-refractivity contribution >= 4 is 21.6 Å². The molecule has 1 aliphatic carbocycles. The van der Waals surface area contributed by atoms with E-state index < -0.39 is 10.0 Å². The molecule has 0 saturated heterocycles. The van der Waals surface area contributed by atoms with E-state index in [0.717, 1.165) is 30.6 Å². The van der Waals surface area contributed by atoms with E-state index in [4.69, 9.17) is 0 Å². The summed E-state index contributed by atoms with van der Waals surface area (Å²) in [6.07, 6.45) is 4.54. The molecule has 1 saturated carbocycles. The van der Waals surface area contributed by atoms with E-state index in [-0.39, 0.29) is 29.7 Å². The lowest BCUT2D eigenvalue weighted by Crippen LogP contribution is -2.41. The first kappa shape index (κ1) is 23.7. The molecule has 1 fully saturated rings. The van der Waals surface area contributed by atoms with Gasteiger partial charge in [0.15, 0.2) is 0 Å². The minimum absolute atomic E-state index is 0.0362. The number of carbonyl (C=O) groups is 1. The molecule has 2 aliphatic rings. The Morgan fingerprint density at radius 3 is 2.48 bits per heavy atom. The summed E-state index contributed by atoms with van der Waals surface area (Å²) in [5.41, 5.74) is 3.02. The van der Waals surface area contributed by atoms with Gasteiger partial charge >= 0.3 is 0 Å². The highest BCUT2D eigenvalue weighted by atomic mass is 32.2. The van der Waals surface area contributed by atoms with Crippen LogP contribution in [0.4, 0.5) is 10.1 Å². The summed E-state index contributed by atoms with van der Waals surface area (Å²) in [6.45, 7) is 2.80. The molecule has 2 aromatic rings. The molecule has 33 heavy (non-hydrogen) atoms. The van der Waals surface area contributed by atoms with Gasteiger partial charge in [0.05, 0.1) is 10.9 Å². The Hall–Kier alpha value is -2.45. The predicted molar refractivity (Wildman–Crippen MR) is 127 cm³/mol. The summed E-state index contributed by atoms with van der Waals surface area (Å²) in [4.78, 5) is 15.1. The zero-order chi connectivity index (χ0) is 23.6. The molecule has 0 aromatic heterocycles. The van der Waals surface area contributed by atoms with Crippen molar-refractivity contribution < 1.29 is 17.6 Å². The van der Waals surface area contributed by atoms with Crippen LogP contribution in [0.3, 0.4) is 0 Å². The fourth-order valence-electron chi connectivity index (χ4n) is 4.83. The number of hydrogen-bond acceptors (Lipinski definition) is 4. The quantitative estimate of drug-likeness (QED) is 0.667. The maximum atomic E-state index is 13.1. The third-order valence-corrected chi connectivity index (χ3v) is 8.38. The van der Waals surface area contributed by atoms with E-state index in [1.165, 1.54) is 17.7 Å². The summed E-state index contributed by atoms with van der Waals surface area (Å²) in [7, 11) is -1.63. The van der Waals surface area contributed by atoms with Crippen LogP contribution in [0.15, 0.2) is 47.4 Å². The molecular formula is C25H32FN3O3S. The van der Waals surface area contributed by atoms with Crippen LogP contribution in [-0.2, 0) is 21.2 Å². The fourth-order valence-corrected chi connectivity index (χ4v) is 6.16. The molecule has 1 atom stereocenters. The molecule has 6 nitrogen and oxygen atoms in total. The Balaban J connectivity index is 1.32. The lowest BCUT2D eigenvalue weighted by Gasteiger charge is -2.30. The Morgan fingerprint density at radius 1 is 1.09 bits per heavy atom. The second-order valence-electron chi connectivity index (χ2n) is 9.27. The molecule has 1 heterocycles. The topological polar surface area (TPSA) is 78.5 Å². The van der Waals surface area contributed by atoms with Crippen molar-refractivity contribution in [2.75, 3.05) is 18.5 Å². The van der Waals surface area contributed by atoms with Gasteiger partial charge in [0.25, 0.3) is 0 Å². The van der Waals surface area contributed by atoms with E-state index in [1.807, 2.05) is 20.0 Å². The Kier molecular flexibility index (Phi) is 7.05. The van der Waals surface area contributed by atoms with Crippen LogP contribution in [0.1, 0.15) is 56.2 Å².